The van der Waals surface area contributed by atoms with E-state index in [1.165, 1.54) is 86.4 Å². The Morgan fingerprint density at radius 3 is 1.23 bits per heavy atom. The first-order valence-corrected chi connectivity index (χ1v) is 20.1. The lowest BCUT2D eigenvalue weighted by Gasteiger charge is -2.42. The number of rotatable bonds is 4. The summed E-state index contributed by atoms with van der Waals surface area (Å²) >= 11 is 1.89. The van der Waals surface area contributed by atoms with Crippen LogP contribution in [0.15, 0.2) is 216 Å². The number of nitrogens with zero attached hydrogens (tertiary/aromatic N) is 2. The molecule has 0 saturated carbocycles. The molecule has 56 heavy (non-hydrogen) atoms. The molecule has 3 heterocycles. The van der Waals surface area contributed by atoms with Gasteiger partial charge in [0.1, 0.15) is 0 Å². The monoisotopic (exact) mass is 730 g/mol. The van der Waals surface area contributed by atoms with Crippen molar-refractivity contribution < 1.29 is 0 Å². The molecule has 0 radical (unpaired) electrons. The Labute approximate surface area is 328 Å². The zero-order chi connectivity index (χ0) is 36.8. The van der Waals surface area contributed by atoms with Gasteiger partial charge in [0.15, 0.2) is 0 Å². The molecule has 0 saturated heterocycles. The molecular formula is C53H34N2S. The van der Waals surface area contributed by atoms with Crippen molar-refractivity contribution in [3.8, 4) is 11.4 Å². The molecule has 0 atom stereocenters. The molecular weight excluding hydrogens is 697 g/mol. The Morgan fingerprint density at radius 2 is 0.732 bits per heavy atom. The predicted molar refractivity (Wildman–Crippen MR) is 235 cm³/mol. The number of para-hydroxylation sites is 4. The van der Waals surface area contributed by atoms with Gasteiger partial charge in [-0.2, -0.15) is 0 Å². The van der Waals surface area contributed by atoms with Crippen LogP contribution in [-0.2, 0) is 5.41 Å². The van der Waals surface area contributed by atoms with Crippen LogP contribution in [0.4, 0.5) is 0 Å². The largest absolute Gasteiger partial charge is 0.309 e. The van der Waals surface area contributed by atoms with Crippen molar-refractivity contribution in [2.24, 2.45) is 0 Å². The van der Waals surface area contributed by atoms with Crippen LogP contribution in [0.1, 0.15) is 22.3 Å². The minimum atomic E-state index is -0.587. The van der Waals surface area contributed by atoms with Gasteiger partial charge < -0.3 is 9.13 Å². The van der Waals surface area contributed by atoms with E-state index in [-0.39, 0.29) is 0 Å². The van der Waals surface area contributed by atoms with Gasteiger partial charge in [-0.15, -0.1) is 0 Å². The summed E-state index contributed by atoms with van der Waals surface area (Å²) in [6, 6.07) is 76.5. The maximum Gasteiger partial charge on any atom is 0.0729 e. The average Bonchev–Trinajstić information content (AvgIpc) is 3.79. The summed E-state index contributed by atoms with van der Waals surface area (Å²) in [6.45, 7) is 0. The van der Waals surface area contributed by atoms with Gasteiger partial charge in [-0.25, -0.2) is 0 Å². The molecule has 0 spiro atoms. The average molecular weight is 731 g/mol. The number of hydrogen-bond acceptors (Lipinski definition) is 1. The fourth-order valence-electron chi connectivity index (χ4n) is 9.73. The maximum atomic E-state index is 2.41. The van der Waals surface area contributed by atoms with Crippen LogP contribution in [0.3, 0.4) is 0 Å². The second kappa shape index (κ2) is 12.1. The Kier molecular flexibility index (Phi) is 6.81. The van der Waals surface area contributed by atoms with Crippen LogP contribution in [0.25, 0.3) is 65.8 Å². The highest BCUT2D eigenvalue weighted by molar-refractivity contribution is 7.99. The van der Waals surface area contributed by atoms with Gasteiger partial charge in [-0.3, -0.25) is 0 Å². The fourth-order valence-corrected chi connectivity index (χ4v) is 10.9. The Hall–Kier alpha value is -6.81. The van der Waals surface area contributed by atoms with Gasteiger partial charge in [-0.05, 0) is 93.7 Å². The van der Waals surface area contributed by atoms with Crippen molar-refractivity contribution in [1.82, 2.24) is 9.13 Å². The van der Waals surface area contributed by atoms with E-state index in [0.717, 1.165) is 11.4 Å². The fraction of sp³-hybridized carbons (Fsp3) is 0.0189. The topological polar surface area (TPSA) is 9.86 Å². The number of hydrogen-bond donors (Lipinski definition) is 0. The first kappa shape index (κ1) is 31.5. The van der Waals surface area contributed by atoms with Crippen LogP contribution in [-0.4, -0.2) is 9.13 Å². The zero-order valence-electron chi connectivity index (χ0n) is 30.4. The standard InChI is InChI=1S/C53H34N2S/c1-2-14-40-35(13-1)25-34-51-52(40)53(45-19-7-12-24-50(45)56-51,36-26-30-38(31-27-36)54-46-20-8-3-15-41(46)42-16-4-9-21-47(42)54)37-28-32-39(33-29-37)55-48-22-10-5-17-43(48)44-18-6-11-23-49(44)55/h1-34H. The van der Waals surface area contributed by atoms with Crippen molar-refractivity contribution in [3.63, 3.8) is 0 Å². The van der Waals surface area contributed by atoms with Gasteiger partial charge in [0.05, 0.1) is 27.5 Å². The van der Waals surface area contributed by atoms with Gasteiger partial charge in [0.2, 0.25) is 0 Å². The summed E-state index contributed by atoms with van der Waals surface area (Å²) in [5.41, 5.74) is 11.7. The van der Waals surface area contributed by atoms with E-state index in [1.807, 2.05) is 11.8 Å². The van der Waals surface area contributed by atoms with E-state index in [9.17, 15) is 0 Å². The molecule has 12 rings (SSSR count). The van der Waals surface area contributed by atoms with Crippen LogP contribution >= 0.6 is 11.8 Å². The summed E-state index contributed by atoms with van der Waals surface area (Å²) in [4.78, 5) is 2.58. The first-order chi connectivity index (χ1) is 27.8. The van der Waals surface area contributed by atoms with Crippen LogP contribution in [0.2, 0.25) is 0 Å². The quantitative estimate of drug-likeness (QED) is 0.175. The molecule has 1 aliphatic heterocycles. The smallest absolute Gasteiger partial charge is 0.0729 e. The minimum Gasteiger partial charge on any atom is -0.309 e. The van der Waals surface area contributed by atoms with E-state index in [2.05, 4.69) is 215 Å². The molecule has 2 nitrogen and oxygen atoms in total. The molecule has 11 aromatic rings. The third-order valence-electron chi connectivity index (χ3n) is 12.1. The molecule has 2 aromatic heterocycles. The summed E-state index contributed by atoms with van der Waals surface area (Å²) in [5.74, 6) is 0. The second-order valence-corrected chi connectivity index (χ2v) is 15.9. The Balaban J connectivity index is 1.13. The molecule has 0 amide bonds. The highest BCUT2D eigenvalue weighted by Crippen LogP contribution is 2.57. The number of benzene rings is 9. The zero-order valence-corrected chi connectivity index (χ0v) is 31.2. The molecule has 9 aromatic carbocycles. The summed E-state index contributed by atoms with van der Waals surface area (Å²) in [7, 11) is 0. The highest BCUT2D eigenvalue weighted by atomic mass is 32.2. The van der Waals surface area contributed by atoms with E-state index in [4.69, 9.17) is 0 Å². The lowest BCUT2D eigenvalue weighted by molar-refractivity contribution is 0.710. The van der Waals surface area contributed by atoms with Crippen molar-refractivity contribution in [2.45, 2.75) is 15.2 Å². The Morgan fingerprint density at radius 1 is 0.321 bits per heavy atom. The molecule has 0 fully saturated rings. The lowest BCUT2D eigenvalue weighted by atomic mass is 9.63. The molecule has 0 bridgehead atoms. The SMILES string of the molecule is c1ccc2c(c1)Sc1ccc3ccccc3c1C2(c1ccc(-n2c3ccccc3c3ccccc32)cc1)c1ccc(-n2c3ccccc3c3ccccc32)cc1. The summed E-state index contributed by atoms with van der Waals surface area (Å²) < 4.78 is 4.82. The van der Waals surface area contributed by atoms with Gasteiger partial charge in [0.25, 0.3) is 0 Å². The molecule has 0 N–H and O–H groups in total. The molecule has 0 aliphatic carbocycles. The first-order valence-electron chi connectivity index (χ1n) is 19.3. The van der Waals surface area contributed by atoms with Gasteiger partial charge in [-0.1, -0.05) is 157 Å². The molecule has 0 unspecified atom stereocenters. The van der Waals surface area contributed by atoms with E-state index in [1.54, 1.807) is 0 Å². The van der Waals surface area contributed by atoms with Crippen LogP contribution < -0.4 is 0 Å². The van der Waals surface area contributed by atoms with Crippen molar-refractivity contribution in [1.29, 1.82) is 0 Å². The van der Waals surface area contributed by atoms with E-state index in [0.29, 0.717) is 0 Å². The third-order valence-corrected chi connectivity index (χ3v) is 13.2. The summed E-state index contributed by atoms with van der Waals surface area (Å²) in [6.07, 6.45) is 0. The van der Waals surface area contributed by atoms with Crippen LogP contribution in [0, 0.1) is 0 Å². The molecule has 3 heteroatoms. The molecule has 262 valence electrons. The van der Waals surface area contributed by atoms with Crippen molar-refractivity contribution in [3.05, 3.63) is 229 Å². The molecule has 1 aliphatic rings. The normalized spacial score (nSPS) is 13.4. The highest BCUT2D eigenvalue weighted by Gasteiger charge is 2.45. The maximum absolute atomic E-state index is 2.41. The third kappa shape index (κ3) is 4.35. The Bertz CT molecular complexity index is 3070. The number of fused-ring (bicyclic) bond motifs is 10. The van der Waals surface area contributed by atoms with Crippen molar-refractivity contribution in [2.75, 3.05) is 0 Å². The van der Waals surface area contributed by atoms with Gasteiger partial charge >= 0.3 is 0 Å². The second-order valence-electron chi connectivity index (χ2n) is 14.8. The van der Waals surface area contributed by atoms with E-state index >= 15 is 0 Å². The number of aromatic nitrogens is 2. The van der Waals surface area contributed by atoms with E-state index < -0.39 is 5.41 Å². The predicted octanol–water partition coefficient (Wildman–Crippen LogP) is 13.9. The van der Waals surface area contributed by atoms with Gasteiger partial charge in [0, 0.05) is 42.7 Å². The summed E-state index contributed by atoms with van der Waals surface area (Å²) in [5, 5.41) is 7.61. The van der Waals surface area contributed by atoms with Crippen LogP contribution in [0.5, 0.6) is 0 Å². The lowest BCUT2D eigenvalue weighted by Crippen LogP contribution is -2.34. The van der Waals surface area contributed by atoms with Crippen molar-refractivity contribution >= 4 is 66.1 Å². The minimum absolute atomic E-state index is 0.587.